The van der Waals surface area contributed by atoms with Gasteiger partial charge in [-0.2, -0.15) is 0 Å². The third kappa shape index (κ3) is 3.17. The number of hydrogen-bond donors (Lipinski definition) is 0. The molecule has 0 spiro atoms. The van der Waals surface area contributed by atoms with Gasteiger partial charge in [0, 0.05) is 0 Å². The lowest BCUT2D eigenvalue weighted by Crippen LogP contribution is -2.41. The molecule has 0 radical (unpaired) electrons. The molecule has 0 aliphatic carbocycles. The molecule has 0 atom stereocenters. The van der Waals surface area contributed by atoms with E-state index in [1.165, 1.54) is 5.19 Å². The van der Waals surface area contributed by atoms with E-state index in [9.17, 15) is 4.79 Å². The molecule has 1 aromatic carbocycles. The largest absolute Gasteiger partial charge is 0.298 e. The molecule has 0 saturated carbocycles. The number of allylic oxidation sites excluding steroid dienone is 2. The average molecular weight is 232 g/mol. The Morgan fingerprint density at radius 2 is 1.75 bits per heavy atom. The fraction of sp³-hybridized carbons (Fsp3) is 0.357. The summed E-state index contributed by atoms with van der Waals surface area (Å²) < 4.78 is 0. The standard InChI is InChI=1S/C14H20OSi/c1-12(2)13(10-15)11-16(3,4)14-8-6-5-7-9-14/h5-10H,11H2,1-4H3. The Balaban J connectivity index is 2.96. The highest BCUT2D eigenvalue weighted by Crippen LogP contribution is 2.18. The molecule has 0 aliphatic heterocycles. The summed E-state index contributed by atoms with van der Waals surface area (Å²) in [5.74, 6) is 0. The van der Waals surface area contributed by atoms with Crippen LogP contribution in [0, 0.1) is 0 Å². The zero-order valence-electron chi connectivity index (χ0n) is 10.6. The van der Waals surface area contributed by atoms with Crippen molar-refractivity contribution in [3.05, 3.63) is 41.5 Å². The summed E-state index contributed by atoms with van der Waals surface area (Å²) in [4.78, 5) is 11.0. The van der Waals surface area contributed by atoms with Crippen molar-refractivity contribution in [3.63, 3.8) is 0 Å². The second-order valence-electron chi connectivity index (χ2n) is 5.07. The molecule has 0 aliphatic rings. The lowest BCUT2D eigenvalue weighted by molar-refractivity contribution is -0.104. The normalized spacial score (nSPS) is 11.0. The third-order valence-electron chi connectivity index (χ3n) is 2.97. The minimum Gasteiger partial charge on any atom is -0.298 e. The first-order valence-electron chi connectivity index (χ1n) is 5.64. The highest BCUT2D eigenvalue weighted by Gasteiger charge is 2.24. The fourth-order valence-corrected chi connectivity index (χ4v) is 4.49. The van der Waals surface area contributed by atoms with Gasteiger partial charge in [-0.3, -0.25) is 4.79 Å². The van der Waals surface area contributed by atoms with Crippen LogP contribution in [0.4, 0.5) is 0 Å². The number of aldehydes is 1. The fourth-order valence-electron chi connectivity index (χ4n) is 1.80. The van der Waals surface area contributed by atoms with Gasteiger partial charge >= 0.3 is 0 Å². The van der Waals surface area contributed by atoms with Crippen LogP contribution in [0.5, 0.6) is 0 Å². The van der Waals surface area contributed by atoms with Gasteiger partial charge in [-0.25, -0.2) is 0 Å². The predicted molar refractivity (Wildman–Crippen MR) is 72.8 cm³/mol. The monoisotopic (exact) mass is 232 g/mol. The number of rotatable bonds is 4. The maximum absolute atomic E-state index is 11.0. The molecule has 0 N–H and O–H groups in total. The Bertz CT molecular complexity index is 386. The smallest absolute Gasteiger partial charge is 0.145 e. The van der Waals surface area contributed by atoms with E-state index in [-0.39, 0.29) is 0 Å². The molecule has 0 heterocycles. The molecule has 0 aromatic heterocycles. The zero-order chi connectivity index (χ0) is 12.2. The van der Waals surface area contributed by atoms with Gasteiger partial charge in [-0.1, -0.05) is 54.2 Å². The Morgan fingerprint density at radius 1 is 1.19 bits per heavy atom. The van der Waals surface area contributed by atoms with E-state index < -0.39 is 8.07 Å². The number of benzene rings is 1. The van der Waals surface area contributed by atoms with Crippen molar-refractivity contribution in [2.75, 3.05) is 0 Å². The predicted octanol–water partition coefficient (Wildman–Crippen LogP) is 3.14. The molecule has 0 saturated heterocycles. The summed E-state index contributed by atoms with van der Waals surface area (Å²) in [7, 11) is -1.52. The molecular weight excluding hydrogens is 212 g/mol. The van der Waals surface area contributed by atoms with Crippen molar-refractivity contribution in [3.8, 4) is 0 Å². The van der Waals surface area contributed by atoms with Crippen LogP contribution >= 0.6 is 0 Å². The van der Waals surface area contributed by atoms with Crippen molar-refractivity contribution in [1.29, 1.82) is 0 Å². The van der Waals surface area contributed by atoms with Crippen LogP contribution in [0.15, 0.2) is 41.5 Å². The van der Waals surface area contributed by atoms with Gasteiger partial charge in [0.15, 0.2) is 0 Å². The van der Waals surface area contributed by atoms with Gasteiger partial charge in [0.2, 0.25) is 0 Å². The molecule has 0 amide bonds. The third-order valence-corrected chi connectivity index (χ3v) is 6.13. The molecule has 86 valence electrons. The lowest BCUT2D eigenvalue weighted by Gasteiger charge is -2.23. The molecule has 0 bridgehead atoms. The average Bonchev–Trinajstić information content (AvgIpc) is 2.27. The Labute approximate surface area is 99.2 Å². The Kier molecular flexibility index (Phi) is 4.24. The van der Waals surface area contributed by atoms with Gasteiger partial charge in [0.1, 0.15) is 6.29 Å². The minimum absolute atomic E-state index is 0.933. The molecule has 1 aromatic rings. The summed E-state index contributed by atoms with van der Waals surface area (Å²) in [6.07, 6.45) is 1.02. The summed E-state index contributed by atoms with van der Waals surface area (Å²) in [5.41, 5.74) is 2.12. The van der Waals surface area contributed by atoms with Gasteiger partial charge < -0.3 is 0 Å². The van der Waals surface area contributed by atoms with Crippen LogP contribution in [0.3, 0.4) is 0 Å². The van der Waals surface area contributed by atoms with Gasteiger partial charge in [0.05, 0.1) is 8.07 Å². The molecule has 0 fully saturated rings. The Morgan fingerprint density at radius 3 is 2.19 bits per heavy atom. The van der Waals surface area contributed by atoms with Gasteiger partial charge in [-0.05, 0) is 25.5 Å². The first kappa shape index (κ1) is 12.9. The van der Waals surface area contributed by atoms with Crippen LogP contribution in [0.1, 0.15) is 13.8 Å². The van der Waals surface area contributed by atoms with Crippen molar-refractivity contribution < 1.29 is 4.79 Å². The van der Waals surface area contributed by atoms with Gasteiger partial charge in [-0.15, -0.1) is 0 Å². The van der Waals surface area contributed by atoms with E-state index in [1.807, 2.05) is 19.9 Å². The quantitative estimate of drug-likeness (QED) is 0.443. The summed E-state index contributed by atoms with van der Waals surface area (Å²) >= 11 is 0. The zero-order valence-corrected chi connectivity index (χ0v) is 11.6. The van der Waals surface area contributed by atoms with E-state index in [0.29, 0.717) is 0 Å². The van der Waals surface area contributed by atoms with Crippen LogP contribution in [-0.2, 0) is 4.79 Å². The molecule has 0 unspecified atom stereocenters. The highest BCUT2D eigenvalue weighted by molar-refractivity contribution is 6.90. The van der Waals surface area contributed by atoms with Crippen molar-refractivity contribution in [2.45, 2.75) is 33.0 Å². The van der Waals surface area contributed by atoms with Crippen molar-refractivity contribution >= 4 is 19.5 Å². The van der Waals surface area contributed by atoms with Crippen LogP contribution in [0.25, 0.3) is 0 Å². The number of carbonyl (C=O) groups excluding carboxylic acids is 1. The molecule has 16 heavy (non-hydrogen) atoms. The van der Waals surface area contributed by atoms with Crippen LogP contribution < -0.4 is 5.19 Å². The minimum atomic E-state index is -1.52. The second kappa shape index (κ2) is 5.26. The second-order valence-corrected chi connectivity index (χ2v) is 9.77. The van der Waals surface area contributed by atoms with E-state index >= 15 is 0 Å². The molecule has 1 rings (SSSR count). The first-order chi connectivity index (χ1) is 7.47. The molecule has 1 nitrogen and oxygen atoms in total. The van der Waals surface area contributed by atoms with Crippen molar-refractivity contribution in [1.82, 2.24) is 0 Å². The maximum atomic E-state index is 11.0. The van der Waals surface area contributed by atoms with E-state index in [0.717, 1.165) is 23.5 Å². The van der Waals surface area contributed by atoms with E-state index in [2.05, 4.69) is 37.4 Å². The molecular formula is C14H20OSi. The maximum Gasteiger partial charge on any atom is 0.145 e. The topological polar surface area (TPSA) is 17.1 Å². The highest BCUT2D eigenvalue weighted by atomic mass is 28.3. The SMILES string of the molecule is CC(C)=C(C=O)C[Si](C)(C)c1ccccc1. The van der Waals surface area contributed by atoms with Crippen LogP contribution in [0.2, 0.25) is 19.1 Å². The number of carbonyl (C=O) groups is 1. The summed E-state index contributed by atoms with van der Waals surface area (Å²) in [6.45, 7) is 8.65. The summed E-state index contributed by atoms with van der Waals surface area (Å²) in [6, 6.07) is 11.5. The summed E-state index contributed by atoms with van der Waals surface area (Å²) in [5, 5.41) is 1.41. The van der Waals surface area contributed by atoms with E-state index in [4.69, 9.17) is 0 Å². The Hall–Kier alpha value is -1.15. The number of hydrogen-bond acceptors (Lipinski definition) is 1. The molecule has 2 heteroatoms. The van der Waals surface area contributed by atoms with E-state index in [1.54, 1.807) is 0 Å². The van der Waals surface area contributed by atoms with Gasteiger partial charge in [0.25, 0.3) is 0 Å². The van der Waals surface area contributed by atoms with Crippen LogP contribution in [-0.4, -0.2) is 14.4 Å². The lowest BCUT2D eigenvalue weighted by atomic mass is 10.2. The first-order valence-corrected chi connectivity index (χ1v) is 8.85. The van der Waals surface area contributed by atoms with Crippen molar-refractivity contribution in [2.24, 2.45) is 0 Å².